The number of aliphatic carboxylic acids is 1. The molecule has 1 aromatic heterocycles. The third-order valence-electron chi connectivity index (χ3n) is 3.77. The number of hydrogen-bond donors (Lipinski definition) is 1. The van der Waals surface area contributed by atoms with E-state index in [9.17, 15) is 9.90 Å². The number of carbonyl (C=O) groups is 1. The van der Waals surface area contributed by atoms with Gasteiger partial charge in [0, 0.05) is 17.5 Å². The number of fused-ring (bicyclic) bond motifs is 1. The van der Waals surface area contributed by atoms with Gasteiger partial charge in [-0.05, 0) is 37.1 Å². The van der Waals surface area contributed by atoms with Crippen LogP contribution in [-0.4, -0.2) is 22.2 Å². The second-order valence-electron chi connectivity index (χ2n) is 5.54. The Morgan fingerprint density at radius 2 is 2.14 bits per heavy atom. The largest absolute Gasteiger partial charge is 0.478 e. The van der Waals surface area contributed by atoms with Gasteiger partial charge in [-0.25, -0.2) is 4.79 Å². The van der Waals surface area contributed by atoms with Crippen LogP contribution < -0.4 is 4.74 Å². The van der Waals surface area contributed by atoms with Crippen LogP contribution in [0.1, 0.15) is 32.3 Å². The lowest BCUT2D eigenvalue weighted by Crippen LogP contribution is -2.33. The number of hydrogen-bond acceptors (Lipinski definition) is 3. The molecule has 0 fully saturated rings. The summed E-state index contributed by atoms with van der Waals surface area (Å²) >= 11 is 6.23. The summed E-state index contributed by atoms with van der Waals surface area (Å²) in [6.07, 6.45) is 2.47. The molecule has 2 rings (SSSR count). The SMILES string of the molecule is CCCC(C)C(Oc1ccc(Cl)c2c(C)ccnc12)C(=O)O. The molecule has 2 unspecified atom stereocenters. The molecule has 0 saturated heterocycles. The fraction of sp³-hybridized carbons (Fsp3) is 0.412. The van der Waals surface area contributed by atoms with Crippen molar-refractivity contribution in [3.05, 3.63) is 35.0 Å². The first-order valence-electron chi connectivity index (χ1n) is 7.39. The minimum atomic E-state index is -0.961. The van der Waals surface area contributed by atoms with Crippen LogP contribution in [0.5, 0.6) is 5.75 Å². The number of aromatic nitrogens is 1. The third kappa shape index (κ3) is 3.33. The summed E-state index contributed by atoms with van der Waals surface area (Å²) in [5.74, 6) is -0.590. The molecule has 118 valence electrons. The Morgan fingerprint density at radius 1 is 1.41 bits per heavy atom. The van der Waals surface area contributed by atoms with Crippen molar-refractivity contribution in [2.75, 3.05) is 0 Å². The second-order valence-corrected chi connectivity index (χ2v) is 5.95. The topological polar surface area (TPSA) is 59.4 Å². The van der Waals surface area contributed by atoms with Crippen molar-refractivity contribution in [3.8, 4) is 5.75 Å². The van der Waals surface area contributed by atoms with Gasteiger partial charge in [0.1, 0.15) is 11.3 Å². The Bertz CT molecular complexity index is 679. The van der Waals surface area contributed by atoms with Crippen LogP contribution in [0, 0.1) is 12.8 Å². The molecule has 0 radical (unpaired) electrons. The molecular weight excluding hydrogens is 302 g/mol. The zero-order valence-corrected chi connectivity index (χ0v) is 13.7. The molecule has 2 aromatic rings. The van der Waals surface area contributed by atoms with Gasteiger partial charge in [-0.2, -0.15) is 0 Å². The number of carboxylic acid groups (broad SMARTS) is 1. The van der Waals surface area contributed by atoms with Crippen molar-refractivity contribution in [1.29, 1.82) is 0 Å². The molecule has 0 bridgehead atoms. The maximum atomic E-state index is 11.5. The number of rotatable bonds is 6. The molecule has 4 nitrogen and oxygen atoms in total. The summed E-state index contributed by atoms with van der Waals surface area (Å²) in [6.45, 7) is 5.85. The van der Waals surface area contributed by atoms with Crippen molar-refractivity contribution < 1.29 is 14.6 Å². The first-order chi connectivity index (χ1) is 10.5. The lowest BCUT2D eigenvalue weighted by atomic mass is 9.99. The highest BCUT2D eigenvalue weighted by atomic mass is 35.5. The van der Waals surface area contributed by atoms with Crippen LogP contribution in [-0.2, 0) is 4.79 Å². The van der Waals surface area contributed by atoms with E-state index in [1.54, 1.807) is 18.3 Å². The van der Waals surface area contributed by atoms with E-state index < -0.39 is 12.1 Å². The number of benzene rings is 1. The number of nitrogens with zero attached hydrogens (tertiary/aromatic N) is 1. The second kappa shape index (κ2) is 6.97. The average molecular weight is 322 g/mol. The van der Waals surface area contributed by atoms with Gasteiger partial charge in [0.25, 0.3) is 0 Å². The molecule has 0 amide bonds. The molecule has 0 aliphatic carbocycles. The molecule has 2 atom stereocenters. The van der Waals surface area contributed by atoms with E-state index in [1.165, 1.54) is 0 Å². The fourth-order valence-electron chi connectivity index (χ4n) is 2.61. The highest BCUT2D eigenvalue weighted by molar-refractivity contribution is 6.35. The molecular formula is C17H20ClNO3. The molecule has 0 saturated carbocycles. The van der Waals surface area contributed by atoms with E-state index in [-0.39, 0.29) is 5.92 Å². The van der Waals surface area contributed by atoms with E-state index in [0.29, 0.717) is 16.3 Å². The van der Waals surface area contributed by atoms with E-state index in [1.807, 2.05) is 26.8 Å². The van der Waals surface area contributed by atoms with E-state index >= 15 is 0 Å². The Balaban J connectivity index is 2.44. The predicted molar refractivity (Wildman–Crippen MR) is 87.6 cm³/mol. The van der Waals surface area contributed by atoms with Gasteiger partial charge in [0.05, 0.1) is 5.02 Å². The monoisotopic (exact) mass is 321 g/mol. The van der Waals surface area contributed by atoms with Crippen molar-refractivity contribution in [3.63, 3.8) is 0 Å². The number of aryl methyl sites for hydroxylation is 1. The van der Waals surface area contributed by atoms with Crippen LogP contribution >= 0.6 is 11.6 Å². The average Bonchev–Trinajstić information content (AvgIpc) is 2.46. The van der Waals surface area contributed by atoms with Gasteiger partial charge in [0.2, 0.25) is 0 Å². The summed E-state index contributed by atoms with van der Waals surface area (Å²) < 4.78 is 5.79. The van der Waals surface area contributed by atoms with E-state index in [4.69, 9.17) is 16.3 Å². The molecule has 0 aliphatic rings. The molecule has 5 heteroatoms. The zero-order chi connectivity index (χ0) is 16.3. The zero-order valence-electron chi connectivity index (χ0n) is 13.0. The molecule has 1 heterocycles. The third-order valence-corrected chi connectivity index (χ3v) is 4.09. The Hall–Kier alpha value is -1.81. The van der Waals surface area contributed by atoms with Gasteiger partial charge >= 0.3 is 5.97 Å². The summed E-state index contributed by atoms with van der Waals surface area (Å²) in [4.78, 5) is 15.8. The summed E-state index contributed by atoms with van der Waals surface area (Å²) in [7, 11) is 0. The predicted octanol–water partition coefficient (Wildman–Crippen LogP) is 4.46. The Kier molecular flexibility index (Phi) is 5.24. The maximum Gasteiger partial charge on any atom is 0.345 e. The van der Waals surface area contributed by atoms with Gasteiger partial charge < -0.3 is 9.84 Å². The van der Waals surface area contributed by atoms with Crippen molar-refractivity contribution in [1.82, 2.24) is 4.98 Å². The standard InChI is InChI=1S/C17H20ClNO3/c1-4-5-11(3)16(17(20)21)22-13-7-6-12(18)14-10(2)8-9-19-15(13)14/h6-9,11,16H,4-5H2,1-3H3,(H,20,21). The van der Waals surface area contributed by atoms with Crippen LogP contribution in [0.3, 0.4) is 0 Å². The van der Waals surface area contributed by atoms with Crippen LogP contribution in [0.25, 0.3) is 10.9 Å². The quantitative estimate of drug-likeness (QED) is 0.853. The fourth-order valence-corrected chi connectivity index (χ4v) is 2.91. The highest BCUT2D eigenvalue weighted by Crippen LogP contribution is 2.33. The first kappa shape index (κ1) is 16.6. The van der Waals surface area contributed by atoms with Gasteiger partial charge in [0.15, 0.2) is 6.10 Å². The Morgan fingerprint density at radius 3 is 2.77 bits per heavy atom. The van der Waals surface area contributed by atoms with E-state index in [2.05, 4.69) is 4.98 Å². The lowest BCUT2D eigenvalue weighted by Gasteiger charge is -2.22. The van der Waals surface area contributed by atoms with Crippen molar-refractivity contribution in [2.24, 2.45) is 5.92 Å². The van der Waals surface area contributed by atoms with Gasteiger partial charge in [-0.15, -0.1) is 0 Å². The summed E-state index contributed by atoms with van der Waals surface area (Å²) in [6, 6.07) is 5.27. The van der Waals surface area contributed by atoms with Gasteiger partial charge in [-0.3, -0.25) is 4.98 Å². The Labute approximate surface area is 135 Å². The van der Waals surface area contributed by atoms with Crippen molar-refractivity contribution >= 4 is 28.5 Å². The molecule has 1 aromatic carbocycles. The van der Waals surface area contributed by atoms with Crippen LogP contribution in [0.15, 0.2) is 24.4 Å². The van der Waals surface area contributed by atoms with Crippen LogP contribution in [0.4, 0.5) is 0 Å². The number of pyridine rings is 1. The molecule has 0 spiro atoms. The highest BCUT2D eigenvalue weighted by Gasteiger charge is 2.27. The minimum Gasteiger partial charge on any atom is -0.478 e. The normalized spacial score (nSPS) is 13.8. The first-order valence-corrected chi connectivity index (χ1v) is 7.76. The lowest BCUT2D eigenvalue weighted by molar-refractivity contribution is -0.147. The molecule has 22 heavy (non-hydrogen) atoms. The van der Waals surface area contributed by atoms with Crippen molar-refractivity contribution in [2.45, 2.75) is 39.7 Å². The number of halogens is 1. The molecule has 0 aliphatic heterocycles. The van der Waals surface area contributed by atoms with Gasteiger partial charge in [-0.1, -0.05) is 31.9 Å². The van der Waals surface area contributed by atoms with E-state index in [0.717, 1.165) is 23.8 Å². The maximum absolute atomic E-state index is 11.5. The minimum absolute atomic E-state index is 0.0852. The summed E-state index contributed by atoms with van der Waals surface area (Å²) in [5, 5.41) is 10.8. The smallest absolute Gasteiger partial charge is 0.345 e. The summed E-state index contributed by atoms with van der Waals surface area (Å²) in [5.41, 5.74) is 1.58. The number of ether oxygens (including phenoxy) is 1. The molecule has 1 N–H and O–H groups in total. The number of carboxylic acids is 1. The van der Waals surface area contributed by atoms with Crippen LogP contribution in [0.2, 0.25) is 5.02 Å².